The highest BCUT2D eigenvalue weighted by molar-refractivity contribution is 8.00. The van der Waals surface area contributed by atoms with Crippen LogP contribution in [-0.4, -0.2) is 75.8 Å². The molecule has 2 aliphatic rings. The number of anilines is 1. The van der Waals surface area contributed by atoms with Gasteiger partial charge in [0.15, 0.2) is 29.4 Å². The molecule has 16 nitrogen and oxygen atoms in total. The van der Waals surface area contributed by atoms with Crippen molar-refractivity contribution in [2.75, 3.05) is 11.5 Å². The van der Waals surface area contributed by atoms with Crippen molar-refractivity contribution in [3.8, 4) is 0 Å². The number of Topliss-reactive ketones (excluding diaryl/α,β-unsaturated/α-hetero) is 1. The van der Waals surface area contributed by atoms with Crippen molar-refractivity contribution >= 4 is 86.0 Å². The van der Waals surface area contributed by atoms with Crippen molar-refractivity contribution in [2.45, 2.75) is 44.3 Å². The summed E-state index contributed by atoms with van der Waals surface area (Å²) in [6.45, 7) is 3.22. The van der Waals surface area contributed by atoms with E-state index < -0.39 is 46.2 Å². The predicted octanol–water partition coefficient (Wildman–Crippen LogP) is 0.535. The third-order valence-electron chi connectivity index (χ3n) is 8.02. The summed E-state index contributed by atoms with van der Waals surface area (Å²) < 4.78 is 7.93. The van der Waals surface area contributed by atoms with Gasteiger partial charge in [-0.2, -0.15) is 13.9 Å². The van der Waals surface area contributed by atoms with E-state index in [1.165, 1.54) is 36.9 Å². The van der Waals surface area contributed by atoms with Crippen LogP contribution in [-0.2, 0) is 37.1 Å². The van der Waals surface area contributed by atoms with Crippen molar-refractivity contribution in [1.29, 1.82) is 5.41 Å². The molecule has 0 aliphatic carbocycles. The number of ketones is 1. The minimum Gasteiger partial charge on any atom is -0.543 e. The average Bonchev–Trinajstić information content (AvgIpc) is 3.81. The van der Waals surface area contributed by atoms with Gasteiger partial charge < -0.3 is 35.9 Å². The molecular weight excluding hydrogens is 695 g/mol. The third-order valence-corrected chi connectivity index (χ3v) is 10.9. The van der Waals surface area contributed by atoms with Crippen LogP contribution in [0.3, 0.4) is 0 Å². The lowest BCUT2D eigenvalue weighted by Crippen LogP contribution is -2.63. The zero-order valence-corrected chi connectivity index (χ0v) is 28.4. The first kappa shape index (κ1) is 33.7. The Morgan fingerprint density at radius 1 is 1.31 bits per heavy atom. The number of nitrogens with zero attached hydrogens (tertiary/aromatic N) is 6. The molecule has 1 saturated heterocycles. The number of carbonyl (C=O) groups is 4. The number of aromatic nitrogens is 4. The number of pyridine rings is 1. The average molecular weight is 724 g/mol. The Labute approximate surface area is 290 Å². The number of oxime groups is 1. The molecule has 0 aromatic carbocycles. The highest BCUT2D eigenvalue weighted by atomic mass is 32.2. The van der Waals surface area contributed by atoms with Crippen LogP contribution in [0.2, 0.25) is 0 Å². The van der Waals surface area contributed by atoms with Gasteiger partial charge in [-0.25, -0.2) is 4.79 Å². The summed E-state index contributed by atoms with van der Waals surface area (Å²) in [4.78, 5) is 62.2. The molecule has 0 spiro atoms. The number of hydrogen-bond acceptors (Lipinski definition) is 14. The van der Waals surface area contributed by atoms with Gasteiger partial charge in [0.1, 0.15) is 11.4 Å². The fourth-order valence-electron chi connectivity index (χ4n) is 5.44. The molecule has 4 aromatic rings. The lowest BCUT2D eigenvalue weighted by atomic mass is 9.89. The molecule has 1 fully saturated rings. The Balaban J connectivity index is 1.22. The molecule has 0 radical (unpaired) electrons. The SMILES string of the molecule is CC(C)(O/N=C(\C(=O)C[C@@H]1C(=O)N2C(C(=O)[O-])=C(C[n+]3cccc4c3ccn4Cc3cc(C(=N)N)cs3)CS[C@H]12)c1nsc(N)n1)C(=O)O. The molecule has 6 N–H and O–H groups in total. The molecule has 0 bridgehead atoms. The number of hydrogen-bond donors (Lipinski definition) is 4. The Kier molecular flexibility index (Phi) is 8.99. The van der Waals surface area contributed by atoms with Crippen LogP contribution in [0.4, 0.5) is 5.13 Å². The Morgan fingerprint density at radius 3 is 2.73 bits per heavy atom. The minimum atomic E-state index is -1.78. The molecule has 1 amide bonds. The van der Waals surface area contributed by atoms with E-state index >= 15 is 0 Å². The third kappa shape index (κ3) is 6.51. The summed E-state index contributed by atoms with van der Waals surface area (Å²) in [5, 5.41) is 34.5. The van der Waals surface area contributed by atoms with Crippen molar-refractivity contribution in [3.63, 3.8) is 0 Å². The maximum atomic E-state index is 13.5. The van der Waals surface area contributed by atoms with Gasteiger partial charge in [0.25, 0.3) is 0 Å². The van der Waals surface area contributed by atoms with Crippen molar-refractivity contribution in [1.82, 2.24) is 18.8 Å². The fourth-order valence-corrected chi connectivity index (χ4v) is 8.16. The van der Waals surface area contributed by atoms with E-state index in [1.54, 1.807) is 0 Å². The molecule has 2 aliphatic heterocycles. The van der Waals surface area contributed by atoms with E-state index in [2.05, 4.69) is 14.5 Å². The van der Waals surface area contributed by atoms with Crippen molar-refractivity contribution in [2.24, 2.45) is 16.8 Å². The lowest BCUT2D eigenvalue weighted by molar-refractivity contribution is -0.663. The second kappa shape index (κ2) is 13.1. The standard InChI is InChI=1S/C30H29N9O7S3/c1-30(2,28(44)45)46-35-21(24-34-29(33)49-36-24)20(40)9-17-25(41)39-22(27(42)43)15(13-48-26(17)39)10-37-6-3-4-18-19(37)5-7-38(18)11-16-8-14(12-47-16)23(31)32/h3-8,12,17,26H,9-11,13H2,1-2H3,(H6-,31,32,33,34,36,42,43,44,45)/b35-21+/t17-,26-/m1/s1. The number of carboxylic acid groups (broad SMARTS) is 2. The number of β-lactam (4-membered cyclic amide) rings is 1. The zero-order valence-electron chi connectivity index (χ0n) is 26.0. The number of nitrogens with two attached hydrogens (primary N) is 2. The van der Waals surface area contributed by atoms with Gasteiger partial charge in [0.2, 0.25) is 22.8 Å². The number of amidine groups is 1. The molecule has 254 valence electrons. The van der Waals surface area contributed by atoms with Crippen LogP contribution in [0.5, 0.6) is 0 Å². The Morgan fingerprint density at radius 2 is 2.08 bits per heavy atom. The van der Waals surface area contributed by atoms with Crippen molar-refractivity contribution in [3.05, 3.63) is 69.6 Å². The van der Waals surface area contributed by atoms with Gasteiger partial charge in [-0.1, -0.05) is 5.16 Å². The molecule has 0 unspecified atom stereocenters. The van der Waals surface area contributed by atoms with Crippen LogP contribution in [0, 0.1) is 11.3 Å². The van der Waals surface area contributed by atoms with Crippen LogP contribution >= 0.6 is 34.6 Å². The van der Waals surface area contributed by atoms with Gasteiger partial charge in [0, 0.05) is 63.4 Å². The van der Waals surface area contributed by atoms with Crippen LogP contribution < -0.4 is 21.1 Å². The van der Waals surface area contributed by atoms with Crippen LogP contribution in [0.15, 0.2) is 58.5 Å². The monoisotopic (exact) mass is 723 g/mol. The first-order valence-corrected chi connectivity index (χ1v) is 17.3. The molecule has 49 heavy (non-hydrogen) atoms. The number of carbonyl (C=O) groups excluding carboxylic acids is 3. The second-order valence-electron chi connectivity index (χ2n) is 11.8. The molecule has 4 aromatic heterocycles. The van der Waals surface area contributed by atoms with E-state index in [0.29, 0.717) is 17.7 Å². The number of fused-ring (bicyclic) bond motifs is 2. The highest BCUT2D eigenvalue weighted by Gasteiger charge is 2.53. The maximum Gasteiger partial charge on any atom is 0.350 e. The van der Waals surface area contributed by atoms with Gasteiger partial charge in [-0.05, 0) is 26.0 Å². The van der Waals surface area contributed by atoms with E-state index in [4.69, 9.17) is 21.7 Å². The van der Waals surface area contributed by atoms with E-state index in [9.17, 15) is 29.4 Å². The number of thiophene rings is 1. The van der Waals surface area contributed by atoms with E-state index in [0.717, 1.165) is 32.3 Å². The van der Waals surface area contributed by atoms with Crippen molar-refractivity contribution < 1.29 is 38.8 Å². The Hall–Kier alpha value is -5.14. The molecule has 2 atom stereocenters. The number of aliphatic carboxylic acids is 2. The maximum absolute atomic E-state index is 13.5. The topological polar surface area (TPSA) is 247 Å². The second-order valence-corrected chi connectivity index (χ2v) is 14.6. The first-order chi connectivity index (χ1) is 23.2. The molecule has 6 rings (SSSR count). The van der Waals surface area contributed by atoms with Gasteiger partial charge in [-0.3, -0.25) is 19.9 Å². The normalized spacial score (nSPS) is 18.0. The molecular formula is C30H29N9O7S3. The van der Waals surface area contributed by atoms with E-state index in [1.807, 2.05) is 51.2 Å². The van der Waals surface area contributed by atoms with Gasteiger partial charge in [0.05, 0.1) is 29.5 Å². The molecule has 0 saturated carbocycles. The molecule has 19 heteroatoms. The number of rotatable bonds is 13. The summed E-state index contributed by atoms with van der Waals surface area (Å²) in [6.07, 6.45) is 3.38. The number of carboxylic acids is 2. The number of amides is 1. The predicted molar refractivity (Wildman–Crippen MR) is 178 cm³/mol. The zero-order chi connectivity index (χ0) is 35.2. The molecule has 6 heterocycles. The Bertz CT molecular complexity index is 2100. The number of nitrogen functional groups attached to an aromatic ring is 2. The van der Waals surface area contributed by atoms with Crippen LogP contribution in [0.25, 0.3) is 11.0 Å². The summed E-state index contributed by atoms with van der Waals surface area (Å²) in [6, 6.07) is 7.61. The quantitative estimate of drug-likeness (QED) is 0.0485. The summed E-state index contributed by atoms with van der Waals surface area (Å²) in [7, 11) is 0. The number of thioether (sulfide) groups is 1. The smallest absolute Gasteiger partial charge is 0.350 e. The number of nitrogens with one attached hydrogen (secondary N) is 1. The summed E-state index contributed by atoms with van der Waals surface area (Å²) in [5.74, 6) is -4.92. The first-order valence-electron chi connectivity index (χ1n) is 14.6. The highest BCUT2D eigenvalue weighted by Crippen LogP contribution is 2.45. The minimum absolute atomic E-state index is 0.00440. The lowest BCUT2D eigenvalue weighted by Gasteiger charge is -2.50. The van der Waals surface area contributed by atoms with E-state index in [-0.39, 0.29) is 41.2 Å². The van der Waals surface area contributed by atoms with Crippen LogP contribution in [0.1, 0.15) is 36.5 Å². The largest absolute Gasteiger partial charge is 0.543 e. The van der Waals surface area contributed by atoms with Gasteiger partial charge in [-0.15, -0.1) is 23.1 Å². The van der Waals surface area contributed by atoms with Gasteiger partial charge >= 0.3 is 5.97 Å². The fraction of sp³-hybridized carbons (Fsp3) is 0.300. The summed E-state index contributed by atoms with van der Waals surface area (Å²) >= 11 is 3.62. The summed E-state index contributed by atoms with van der Waals surface area (Å²) in [5.41, 5.74) is 11.8.